The number of benzene rings is 3. The monoisotopic (exact) mass is 527 g/mol. The Kier molecular flexibility index (Phi) is 8.79. The number of hydrogen-bond donors (Lipinski definition) is 3. The second-order valence-corrected chi connectivity index (χ2v) is 9.21. The lowest BCUT2D eigenvalue weighted by atomic mass is 10.0. The minimum atomic E-state index is -0.398. The van der Waals surface area contributed by atoms with Crippen LogP contribution >= 0.6 is 28.1 Å². The number of thiocarbonyl (C=S) groups is 1. The number of carbonyl (C=O) groups is 2. The molecule has 3 aromatic carbocycles. The van der Waals surface area contributed by atoms with Crippen LogP contribution in [0.25, 0.3) is 10.8 Å². The van der Waals surface area contributed by atoms with Gasteiger partial charge in [-0.15, -0.1) is 0 Å². The molecule has 0 aliphatic carbocycles. The molecule has 0 saturated heterocycles. The third-order valence-corrected chi connectivity index (χ3v) is 5.74. The molecule has 0 aliphatic rings. The van der Waals surface area contributed by atoms with Crippen molar-refractivity contribution in [1.82, 2.24) is 16.2 Å². The first-order valence-electron chi connectivity index (χ1n) is 10.6. The Hall–Kier alpha value is -2.97. The summed E-state index contributed by atoms with van der Waals surface area (Å²) in [6, 6.07) is 18.8. The average molecular weight is 528 g/mol. The fraction of sp³-hybridized carbons (Fsp3) is 0.240. The molecule has 2 amide bonds. The standard InChI is InChI=1S/C25H26BrN3O3S/c1-16(2)12-13-32-22-11-10-19(14-21(22)26)24(31)27-25(33)29-28-23(30)15-18-8-5-7-17-6-3-4-9-20(17)18/h3-11,14,16H,12-13,15H2,1-2H3,(H,28,30)(H2,27,29,31,33). The molecule has 0 aliphatic heterocycles. The summed E-state index contributed by atoms with van der Waals surface area (Å²) >= 11 is 8.57. The molecule has 3 N–H and O–H groups in total. The minimum absolute atomic E-state index is 0.000322. The molecule has 172 valence electrons. The number of halogens is 1. The van der Waals surface area contributed by atoms with Crippen molar-refractivity contribution in [2.75, 3.05) is 6.61 Å². The van der Waals surface area contributed by atoms with Crippen molar-refractivity contribution in [2.45, 2.75) is 26.7 Å². The number of hydrogen-bond acceptors (Lipinski definition) is 4. The first-order valence-corrected chi connectivity index (χ1v) is 11.8. The SMILES string of the molecule is CC(C)CCOc1ccc(C(=O)NC(=S)NNC(=O)Cc2cccc3ccccc23)cc1Br. The normalized spacial score (nSPS) is 10.7. The van der Waals surface area contributed by atoms with Crippen molar-refractivity contribution in [2.24, 2.45) is 5.92 Å². The van der Waals surface area contributed by atoms with Crippen molar-refractivity contribution >= 4 is 55.8 Å². The van der Waals surface area contributed by atoms with E-state index in [1.54, 1.807) is 18.2 Å². The first kappa shape index (κ1) is 24.7. The van der Waals surface area contributed by atoms with Crippen LogP contribution in [0.3, 0.4) is 0 Å². The van der Waals surface area contributed by atoms with Crippen LogP contribution in [0.1, 0.15) is 36.2 Å². The molecule has 0 saturated carbocycles. The van der Waals surface area contributed by atoms with Gasteiger partial charge in [0.2, 0.25) is 5.91 Å². The second-order valence-electron chi connectivity index (χ2n) is 7.95. The first-order chi connectivity index (χ1) is 15.8. The van der Waals surface area contributed by atoms with Crippen molar-refractivity contribution in [3.63, 3.8) is 0 Å². The highest BCUT2D eigenvalue weighted by Crippen LogP contribution is 2.26. The van der Waals surface area contributed by atoms with Crippen LogP contribution in [0.4, 0.5) is 0 Å². The van der Waals surface area contributed by atoms with Crippen LogP contribution in [-0.2, 0) is 11.2 Å². The van der Waals surface area contributed by atoms with Crippen LogP contribution in [0.2, 0.25) is 0 Å². The Bertz CT molecular complexity index is 1160. The van der Waals surface area contributed by atoms with Gasteiger partial charge in [-0.3, -0.25) is 25.8 Å². The van der Waals surface area contributed by atoms with E-state index in [0.717, 1.165) is 22.8 Å². The highest BCUT2D eigenvalue weighted by molar-refractivity contribution is 9.10. The minimum Gasteiger partial charge on any atom is -0.492 e. The molecule has 3 aromatic rings. The third-order valence-electron chi connectivity index (χ3n) is 4.92. The molecule has 8 heteroatoms. The summed E-state index contributed by atoms with van der Waals surface area (Å²) in [5.41, 5.74) is 6.42. The van der Waals surface area contributed by atoms with Crippen molar-refractivity contribution < 1.29 is 14.3 Å². The summed E-state index contributed by atoms with van der Waals surface area (Å²) in [4.78, 5) is 24.9. The predicted octanol–water partition coefficient (Wildman–Crippen LogP) is 4.91. The zero-order valence-corrected chi connectivity index (χ0v) is 20.9. The van der Waals surface area contributed by atoms with E-state index >= 15 is 0 Å². The second kappa shape index (κ2) is 11.8. The van der Waals surface area contributed by atoms with Crippen LogP contribution in [0, 0.1) is 5.92 Å². The summed E-state index contributed by atoms with van der Waals surface area (Å²) in [7, 11) is 0. The maximum Gasteiger partial charge on any atom is 0.257 e. The predicted molar refractivity (Wildman–Crippen MR) is 138 cm³/mol. The summed E-state index contributed by atoms with van der Waals surface area (Å²) in [6.07, 6.45) is 1.12. The Labute approximate surface area is 207 Å². The fourth-order valence-electron chi connectivity index (χ4n) is 3.16. The van der Waals surface area contributed by atoms with Gasteiger partial charge in [-0.25, -0.2) is 0 Å². The molecule has 0 spiro atoms. The smallest absolute Gasteiger partial charge is 0.257 e. The molecule has 0 fully saturated rings. The topological polar surface area (TPSA) is 79.5 Å². The number of ether oxygens (including phenoxy) is 1. The van der Waals surface area contributed by atoms with E-state index in [2.05, 4.69) is 45.9 Å². The number of carbonyl (C=O) groups excluding carboxylic acids is 2. The quantitative estimate of drug-likeness (QED) is 0.300. The van der Waals surface area contributed by atoms with Gasteiger partial charge in [-0.05, 0) is 75.0 Å². The number of hydrazine groups is 1. The van der Waals surface area contributed by atoms with Gasteiger partial charge in [0.1, 0.15) is 5.75 Å². The molecule has 0 bridgehead atoms. The Morgan fingerprint density at radius 2 is 1.79 bits per heavy atom. The molecule has 0 atom stereocenters. The van der Waals surface area contributed by atoms with E-state index in [1.165, 1.54) is 0 Å². The lowest BCUT2D eigenvalue weighted by Gasteiger charge is -2.13. The molecule has 3 rings (SSSR count). The zero-order valence-electron chi connectivity index (χ0n) is 18.5. The van der Waals surface area contributed by atoms with Crippen LogP contribution < -0.4 is 20.9 Å². The van der Waals surface area contributed by atoms with Crippen molar-refractivity contribution in [3.05, 3.63) is 76.3 Å². The van der Waals surface area contributed by atoms with E-state index < -0.39 is 5.91 Å². The van der Waals surface area contributed by atoms with Gasteiger partial charge in [0.05, 0.1) is 17.5 Å². The van der Waals surface area contributed by atoms with Gasteiger partial charge >= 0.3 is 0 Å². The van der Waals surface area contributed by atoms with Gasteiger partial charge in [0.15, 0.2) is 5.11 Å². The zero-order chi connectivity index (χ0) is 23.8. The lowest BCUT2D eigenvalue weighted by molar-refractivity contribution is -0.121. The van der Waals surface area contributed by atoms with Crippen molar-refractivity contribution in [3.8, 4) is 5.75 Å². The van der Waals surface area contributed by atoms with E-state index in [1.807, 2.05) is 42.5 Å². The van der Waals surface area contributed by atoms with E-state index in [0.29, 0.717) is 28.3 Å². The van der Waals surface area contributed by atoms with Gasteiger partial charge in [-0.1, -0.05) is 56.3 Å². The molecule has 0 unspecified atom stereocenters. The Morgan fingerprint density at radius 1 is 1.03 bits per heavy atom. The van der Waals surface area contributed by atoms with Gasteiger partial charge < -0.3 is 4.74 Å². The fourth-order valence-corrected chi connectivity index (χ4v) is 3.80. The van der Waals surface area contributed by atoms with Crippen molar-refractivity contribution in [1.29, 1.82) is 0 Å². The lowest BCUT2D eigenvalue weighted by Crippen LogP contribution is -2.48. The van der Waals surface area contributed by atoms with Crippen LogP contribution in [0.15, 0.2) is 65.1 Å². The third kappa shape index (κ3) is 7.27. The van der Waals surface area contributed by atoms with E-state index in [-0.39, 0.29) is 17.4 Å². The van der Waals surface area contributed by atoms with Crippen LogP contribution in [0.5, 0.6) is 5.75 Å². The molecular formula is C25H26BrN3O3S. The van der Waals surface area contributed by atoms with Gasteiger partial charge in [0.25, 0.3) is 5.91 Å². The molecule has 0 aromatic heterocycles. The van der Waals surface area contributed by atoms with E-state index in [9.17, 15) is 9.59 Å². The molecule has 33 heavy (non-hydrogen) atoms. The molecule has 6 nitrogen and oxygen atoms in total. The number of nitrogens with one attached hydrogen (secondary N) is 3. The average Bonchev–Trinajstić information content (AvgIpc) is 2.79. The highest BCUT2D eigenvalue weighted by Gasteiger charge is 2.12. The van der Waals surface area contributed by atoms with E-state index in [4.69, 9.17) is 17.0 Å². The highest BCUT2D eigenvalue weighted by atomic mass is 79.9. The number of rotatable bonds is 7. The Balaban J connectivity index is 1.49. The Morgan fingerprint density at radius 3 is 2.55 bits per heavy atom. The molecular weight excluding hydrogens is 502 g/mol. The van der Waals surface area contributed by atoms with Gasteiger partial charge in [0, 0.05) is 5.56 Å². The van der Waals surface area contributed by atoms with Crippen LogP contribution in [-0.4, -0.2) is 23.5 Å². The molecule has 0 heterocycles. The summed E-state index contributed by atoms with van der Waals surface area (Å²) in [5.74, 6) is 0.558. The molecule has 0 radical (unpaired) electrons. The maximum atomic E-state index is 12.5. The largest absolute Gasteiger partial charge is 0.492 e. The summed E-state index contributed by atoms with van der Waals surface area (Å²) in [6.45, 7) is 4.87. The summed E-state index contributed by atoms with van der Waals surface area (Å²) in [5, 5.41) is 4.65. The number of amides is 2. The number of fused-ring (bicyclic) bond motifs is 1. The maximum absolute atomic E-state index is 12.5. The summed E-state index contributed by atoms with van der Waals surface area (Å²) < 4.78 is 6.42. The van der Waals surface area contributed by atoms with Gasteiger partial charge in [-0.2, -0.15) is 0 Å².